The third-order valence-corrected chi connectivity index (χ3v) is 5.45. The molecule has 1 aliphatic rings. The molecule has 3 rings (SSSR count). The van der Waals surface area contributed by atoms with Crippen LogP contribution in [0.15, 0.2) is 42.5 Å². The number of halogens is 2. The van der Waals surface area contributed by atoms with Gasteiger partial charge < -0.3 is 15.0 Å². The van der Waals surface area contributed by atoms with Crippen molar-refractivity contribution in [3.05, 3.63) is 52.5 Å². The van der Waals surface area contributed by atoms with E-state index in [9.17, 15) is 9.59 Å². The smallest absolute Gasteiger partial charge is 0.227 e. The van der Waals surface area contributed by atoms with Gasteiger partial charge in [-0.1, -0.05) is 49.2 Å². The molecule has 0 bridgehead atoms. The van der Waals surface area contributed by atoms with Crippen molar-refractivity contribution < 1.29 is 14.3 Å². The average Bonchev–Trinajstić information content (AvgIpc) is 2.68. The number of hydrogen-bond donors (Lipinski definition) is 1. The van der Waals surface area contributed by atoms with Crippen LogP contribution in [-0.2, 0) is 9.59 Å². The van der Waals surface area contributed by atoms with Gasteiger partial charge in [0.25, 0.3) is 0 Å². The number of nitrogens with zero attached hydrogens (tertiary/aromatic N) is 1. The normalized spacial score (nSPS) is 14.6. The Morgan fingerprint density at radius 1 is 1.10 bits per heavy atom. The third-order valence-electron chi connectivity index (χ3n) is 5.01. The summed E-state index contributed by atoms with van der Waals surface area (Å²) in [6, 6.07) is 12.2. The molecule has 30 heavy (non-hydrogen) atoms. The van der Waals surface area contributed by atoms with Crippen molar-refractivity contribution in [1.82, 2.24) is 4.90 Å². The zero-order valence-electron chi connectivity index (χ0n) is 17.2. The van der Waals surface area contributed by atoms with Crippen LogP contribution in [-0.4, -0.2) is 29.8 Å². The fourth-order valence-corrected chi connectivity index (χ4v) is 3.98. The molecule has 1 heterocycles. The summed E-state index contributed by atoms with van der Waals surface area (Å²) in [6.07, 6.45) is 1.86. The van der Waals surface area contributed by atoms with Gasteiger partial charge in [-0.15, -0.1) is 0 Å². The van der Waals surface area contributed by atoms with Gasteiger partial charge >= 0.3 is 0 Å². The molecule has 0 aromatic heterocycles. The second-order valence-corrected chi connectivity index (χ2v) is 8.82. The van der Waals surface area contributed by atoms with Gasteiger partial charge in [0.15, 0.2) is 5.75 Å². The minimum absolute atomic E-state index is 0.0638. The lowest BCUT2D eigenvalue weighted by Gasteiger charge is -2.32. The van der Waals surface area contributed by atoms with Gasteiger partial charge in [-0.05, 0) is 49.1 Å². The number of carbonyl (C=O) groups excluding carboxylic acids is 2. The predicted octanol–water partition coefficient (Wildman–Crippen LogP) is 6.01. The van der Waals surface area contributed by atoms with E-state index in [0.717, 1.165) is 0 Å². The number of benzene rings is 2. The topological polar surface area (TPSA) is 58.6 Å². The molecule has 1 aliphatic heterocycles. The Bertz CT molecular complexity index is 889. The van der Waals surface area contributed by atoms with E-state index in [0.29, 0.717) is 65.5 Å². The summed E-state index contributed by atoms with van der Waals surface area (Å²) in [5.41, 5.74) is 0.580. The van der Waals surface area contributed by atoms with Crippen LogP contribution >= 0.6 is 23.2 Å². The molecule has 1 N–H and O–H groups in total. The lowest BCUT2D eigenvalue weighted by molar-refractivity contribution is -0.135. The molecule has 2 amide bonds. The van der Waals surface area contributed by atoms with Gasteiger partial charge in [0, 0.05) is 35.5 Å². The molecule has 0 atom stereocenters. The molecule has 2 aromatic carbocycles. The first-order chi connectivity index (χ1) is 14.3. The third kappa shape index (κ3) is 6.13. The van der Waals surface area contributed by atoms with Crippen molar-refractivity contribution in [1.29, 1.82) is 0 Å². The van der Waals surface area contributed by atoms with Gasteiger partial charge in [0.05, 0.1) is 5.69 Å². The SMILES string of the molecule is CC(C)CC(=O)N1CCC(C(=O)Nc2ccccc2Oc2cc(Cl)cc(Cl)c2)CC1. The number of piperidine rings is 1. The lowest BCUT2D eigenvalue weighted by Crippen LogP contribution is -2.41. The van der Waals surface area contributed by atoms with Gasteiger partial charge in [-0.25, -0.2) is 0 Å². The van der Waals surface area contributed by atoms with E-state index in [1.807, 2.05) is 30.9 Å². The van der Waals surface area contributed by atoms with Crippen molar-refractivity contribution in [3.8, 4) is 11.5 Å². The van der Waals surface area contributed by atoms with E-state index in [4.69, 9.17) is 27.9 Å². The molecule has 1 saturated heterocycles. The van der Waals surface area contributed by atoms with E-state index in [-0.39, 0.29) is 17.7 Å². The Balaban J connectivity index is 1.62. The first kappa shape index (κ1) is 22.4. The fraction of sp³-hybridized carbons (Fsp3) is 0.391. The molecule has 1 fully saturated rings. The summed E-state index contributed by atoms with van der Waals surface area (Å²) >= 11 is 12.1. The number of rotatable bonds is 6. The van der Waals surface area contributed by atoms with Crippen LogP contribution in [0.2, 0.25) is 10.0 Å². The van der Waals surface area contributed by atoms with Crippen LogP contribution in [0.4, 0.5) is 5.69 Å². The summed E-state index contributed by atoms with van der Waals surface area (Å²) < 4.78 is 5.91. The Kier molecular flexibility index (Phi) is 7.62. The van der Waals surface area contributed by atoms with E-state index in [1.54, 1.807) is 30.3 Å². The van der Waals surface area contributed by atoms with Gasteiger partial charge in [-0.2, -0.15) is 0 Å². The van der Waals surface area contributed by atoms with Crippen molar-refractivity contribution >= 4 is 40.7 Å². The minimum atomic E-state index is -0.137. The Hall–Kier alpha value is -2.24. The first-order valence-electron chi connectivity index (χ1n) is 10.1. The number of likely N-dealkylation sites (tertiary alicyclic amines) is 1. The maximum Gasteiger partial charge on any atom is 0.227 e. The highest BCUT2D eigenvalue weighted by Gasteiger charge is 2.28. The highest BCUT2D eigenvalue weighted by atomic mass is 35.5. The molecule has 0 radical (unpaired) electrons. The van der Waals surface area contributed by atoms with Crippen LogP contribution in [0, 0.1) is 11.8 Å². The number of amides is 2. The quantitative estimate of drug-likeness (QED) is 0.588. The highest BCUT2D eigenvalue weighted by Crippen LogP contribution is 2.33. The van der Waals surface area contributed by atoms with E-state index >= 15 is 0 Å². The molecule has 0 unspecified atom stereocenters. The van der Waals surface area contributed by atoms with Gasteiger partial charge in [0.2, 0.25) is 11.8 Å². The Morgan fingerprint density at radius 2 is 1.73 bits per heavy atom. The van der Waals surface area contributed by atoms with E-state index < -0.39 is 0 Å². The second-order valence-electron chi connectivity index (χ2n) is 7.95. The monoisotopic (exact) mass is 448 g/mol. The molecule has 5 nitrogen and oxygen atoms in total. The number of carbonyl (C=O) groups is 2. The number of hydrogen-bond acceptors (Lipinski definition) is 3. The Morgan fingerprint density at radius 3 is 2.37 bits per heavy atom. The molecule has 160 valence electrons. The molecular formula is C23H26Cl2N2O3. The fourth-order valence-electron chi connectivity index (χ4n) is 3.48. The minimum Gasteiger partial charge on any atom is -0.455 e. The first-order valence-corrected chi connectivity index (χ1v) is 10.9. The largest absolute Gasteiger partial charge is 0.455 e. The number of para-hydroxylation sites is 2. The van der Waals surface area contributed by atoms with Gasteiger partial charge in [-0.3, -0.25) is 9.59 Å². The van der Waals surface area contributed by atoms with Crippen LogP contribution in [0.5, 0.6) is 11.5 Å². The summed E-state index contributed by atoms with van der Waals surface area (Å²) in [6.45, 7) is 5.30. The summed E-state index contributed by atoms with van der Waals surface area (Å²) in [4.78, 5) is 26.9. The molecule has 0 saturated carbocycles. The van der Waals surface area contributed by atoms with Crippen LogP contribution in [0.3, 0.4) is 0 Å². The summed E-state index contributed by atoms with van der Waals surface area (Å²) in [5.74, 6) is 1.31. The number of ether oxygens (including phenoxy) is 1. The number of anilines is 1. The molecule has 0 aliphatic carbocycles. The molecule has 0 spiro atoms. The van der Waals surface area contributed by atoms with Crippen LogP contribution < -0.4 is 10.1 Å². The van der Waals surface area contributed by atoms with Crippen molar-refractivity contribution in [2.75, 3.05) is 18.4 Å². The van der Waals surface area contributed by atoms with Crippen molar-refractivity contribution in [2.45, 2.75) is 33.1 Å². The molecular weight excluding hydrogens is 423 g/mol. The number of nitrogens with one attached hydrogen (secondary N) is 1. The van der Waals surface area contributed by atoms with Crippen LogP contribution in [0.1, 0.15) is 33.1 Å². The summed E-state index contributed by atoms with van der Waals surface area (Å²) in [7, 11) is 0. The second kappa shape index (κ2) is 10.2. The van der Waals surface area contributed by atoms with Crippen LogP contribution in [0.25, 0.3) is 0 Å². The maximum atomic E-state index is 12.8. The molecule has 2 aromatic rings. The van der Waals surface area contributed by atoms with Crippen molar-refractivity contribution in [3.63, 3.8) is 0 Å². The zero-order valence-corrected chi connectivity index (χ0v) is 18.7. The zero-order chi connectivity index (χ0) is 21.7. The van der Waals surface area contributed by atoms with E-state index in [2.05, 4.69) is 5.32 Å². The van der Waals surface area contributed by atoms with Gasteiger partial charge in [0.1, 0.15) is 5.75 Å². The highest BCUT2D eigenvalue weighted by molar-refractivity contribution is 6.34. The Labute approximate surface area is 187 Å². The van der Waals surface area contributed by atoms with Crippen molar-refractivity contribution in [2.24, 2.45) is 11.8 Å². The predicted molar refractivity (Wildman–Crippen MR) is 120 cm³/mol. The molecule has 7 heteroatoms. The average molecular weight is 449 g/mol. The lowest BCUT2D eigenvalue weighted by atomic mass is 9.95. The summed E-state index contributed by atoms with van der Waals surface area (Å²) in [5, 5.41) is 3.91. The van der Waals surface area contributed by atoms with E-state index in [1.165, 1.54) is 0 Å². The standard InChI is InChI=1S/C23H26Cl2N2O3/c1-15(2)11-22(28)27-9-7-16(8-10-27)23(29)26-20-5-3-4-6-21(20)30-19-13-17(24)12-18(25)14-19/h3-6,12-16H,7-11H2,1-2H3,(H,26,29). The maximum absolute atomic E-state index is 12.8.